The van der Waals surface area contributed by atoms with Gasteiger partial charge in [0.15, 0.2) is 0 Å². The summed E-state index contributed by atoms with van der Waals surface area (Å²) in [5, 5.41) is 3.69. The van der Waals surface area contributed by atoms with E-state index in [0.717, 1.165) is 16.9 Å². The number of furan rings is 1. The molecule has 0 aliphatic carbocycles. The number of hydrogen-bond acceptors (Lipinski definition) is 1. The third kappa shape index (κ3) is 1.64. The molecule has 0 radical (unpaired) electrons. The molecule has 0 N–H and O–H groups in total. The maximum atomic E-state index is 6.03. The minimum Gasteiger partial charge on any atom is -0.456 e. The molecule has 1 heterocycles. The summed E-state index contributed by atoms with van der Waals surface area (Å²) in [4.78, 5) is 0. The molecule has 0 aliphatic heterocycles. The highest BCUT2D eigenvalue weighted by molar-refractivity contribution is 5.91. The quantitative estimate of drug-likeness (QED) is 0.435. The van der Waals surface area contributed by atoms with E-state index < -0.39 is 0 Å². The van der Waals surface area contributed by atoms with Gasteiger partial charge in [-0.05, 0) is 29.8 Å². The van der Waals surface area contributed by atoms with E-state index in [-0.39, 0.29) is 0 Å². The number of fused-ring (bicyclic) bond motifs is 2. The van der Waals surface area contributed by atoms with E-state index in [2.05, 4.69) is 61.5 Å². The van der Waals surface area contributed by atoms with Gasteiger partial charge in [0.1, 0.15) is 11.3 Å². The van der Waals surface area contributed by atoms with Crippen molar-refractivity contribution in [2.75, 3.05) is 0 Å². The third-order valence-corrected chi connectivity index (χ3v) is 3.86. The van der Waals surface area contributed by atoms with Crippen molar-refractivity contribution in [3.8, 4) is 11.3 Å². The van der Waals surface area contributed by atoms with Crippen molar-refractivity contribution in [1.29, 1.82) is 0 Å². The monoisotopic (exact) mass is 258 g/mol. The topological polar surface area (TPSA) is 13.1 Å². The molecule has 96 valence electrons. The number of rotatable bonds is 1. The highest BCUT2D eigenvalue weighted by atomic mass is 16.3. The second-order valence-corrected chi connectivity index (χ2v) is 5.11. The molecule has 0 aliphatic rings. The van der Waals surface area contributed by atoms with Crippen LogP contribution >= 0.6 is 0 Å². The van der Waals surface area contributed by atoms with Gasteiger partial charge in [0, 0.05) is 16.5 Å². The molecule has 3 aromatic carbocycles. The van der Waals surface area contributed by atoms with E-state index in [1.807, 2.05) is 12.1 Å². The van der Waals surface area contributed by atoms with Gasteiger partial charge in [-0.2, -0.15) is 0 Å². The van der Waals surface area contributed by atoms with Crippen LogP contribution in [0.25, 0.3) is 33.1 Å². The smallest absolute Gasteiger partial charge is 0.138 e. The largest absolute Gasteiger partial charge is 0.456 e. The Labute approximate surface area is 117 Å². The van der Waals surface area contributed by atoms with E-state index in [9.17, 15) is 0 Å². The first kappa shape index (κ1) is 11.3. The summed E-state index contributed by atoms with van der Waals surface area (Å²) in [6, 6.07) is 23.1. The van der Waals surface area contributed by atoms with Crippen molar-refractivity contribution < 1.29 is 4.42 Å². The molecule has 4 rings (SSSR count). The maximum absolute atomic E-state index is 6.03. The number of para-hydroxylation sites is 1. The van der Waals surface area contributed by atoms with Crippen molar-refractivity contribution in [2.24, 2.45) is 0 Å². The summed E-state index contributed by atoms with van der Waals surface area (Å²) in [6.07, 6.45) is 0. The van der Waals surface area contributed by atoms with Crippen molar-refractivity contribution in [1.82, 2.24) is 0 Å². The van der Waals surface area contributed by atoms with E-state index in [1.165, 1.54) is 21.7 Å². The summed E-state index contributed by atoms with van der Waals surface area (Å²) < 4.78 is 6.03. The molecule has 1 aromatic heterocycles. The van der Waals surface area contributed by atoms with Gasteiger partial charge in [0.2, 0.25) is 0 Å². The van der Waals surface area contributed by atoms with E-state index in [4.69, 9.17) is 4.42 Å². The van der Waals surface area contributed by atoms with Crippen molar-refractivity contribution >= 4 is 21.7 Å². The predicted octanol–water partition coefficient (Wildman–Crippen LogP) is 5.56. The molecular formula is C19H14O. The SMILES string of the molecule is Cc1c(-c2ccc3ccccc3c2)oc2ccccc12. The van der Waals surface area contributed by atoms with Gasteiger partial charge in [-0.25, -0.2) is 0 Å². The van der Waals surface area contributed by atoms with E-state index >= 15 is 0 Å². The van der Waals surface area contributed by atoms with Crippen molar-refractivity contribution in [3.05, 3.63) is 72.3 Å². The fraction of sp³-hybridized carbons (Fsp3) is 0.0526. The highest BCUT2D eigenvalue weighted by Gasteiger charge is 2.11. The Bertz CT molecular complexity index is 915. The molecule has 0 spiro atoms. The lowest BCUT2D eigenvalue weighted by Gasteiger charge is -2.02. The predicted molar refractivity (Wildman–Crippen MR) is 83.9 cm³/mol. The molecule has 0 bridgehead atoms. The van der Waals surface area contributed by atoms with E-state index in [1.54, 1.807) is 0 Å². The third-order valence-electron chi connectivity index (χ3n) is 3.86. The maximum Gasteiger partial charge on any atom is 0.138 e. The number of benzene rings is 3. The van der Waals surface area contributed by atoms with E-state index in [0.29, 0.717) is 0 Å². The second-order valence-electron chi connectivity index (χ2n) is 5.11. The Hall–Kier alpha value is -2.54. The fourth-order valence-corrected chi connectivity index (χ4v) is 2.78. The molecule has 0 saturated heterocycles. The lowest BCUT2D eigenvalue weighted by atomic mass is 10.0. The molecule has 1 heteroatoms. The normalized spacial score (nSPS) is 11.2. The van der Waals surface area contributed by atoms with Gasteiger partial charge in [-0.1, -0.05) is 54.6 Å². The Balaban J connectivity index is 1.98. The molecular weight excluding hydrogens is 244 g/mol. The minimum absolute atomic E-state index is 0.952. The van der Waals surface area contributed by atoms with Gasteiger partial charge in [0.05, 0.1) is 0 Å². The Morgan fingerprint density at radius 2 is 1.50 bits per heavy atom. The molecule has 4 aromatic rings. The Morgan fingerprint density at radius 1 is 0.750 bits per heavy atom. The molecule has 1 nitrogen and oxygen atoms in total. The molecule has 0 unspecified atom stereocenters. The zero-order valence-electron chi connectivity index (χ0n) is 11.3. The Kier molecular flexibility index (Phi) is 2.40. The highest BCUT2D eigenvalue weighted by Crippen LogP contribution is 2.34. The summed E-state index contributed by atoms with van der Waals surface area (Å²) in [5.41, 5.74) is 3.29. The van der Waals surface area contributed by atoms with Gasteiger partial charge >= 0.3 is 0 Å². The molecule has 0 fully saturated rings. The lowest BCUT2D eigenvalue weighted by Crippen LogP contribution is -1.79. The van der Waals surface area contributed by atoms with Crippen LogP contribution in [-0.2, 0) is 0 Å². The van der Waals surface area contributed by atoms with Crippen LogP contribution in [0.15, 0.2) is 71.1 Å². The molecule has 20 heavy (non-hydrogen) atoms. The van der Waals surface area contributed by atoms with Crippen LogP contribution in [-0.4, -0.2) is 0 Å². The number of aryl methyl sites for hydroxylation is 1. The van der Waals surface area contributed by atoms with Gasteiger partial charge in [0.25, 0.3) is 0 Å². The van der Waals surface area contributed by atoms with Crippen LogP contribution in [0.4, 0.5) is 0 Å². The zero-order chi connectivity index (χ0) is 13.5. The van der Waals surface area contributed by atoms with Crippen LogP contribution in [0.5, 0.6) is 0 Å². The minimum atomic E-state index is 0.952. The molecule has 0 atom stereocenters. The van der Waals surface area contributed by atoms with Crippen LogP contribution < -0.4 is 0 Å². The first-order valence-electron chi connectivity index (χ1n) is 6.80. The molecule has 0 amide bonds. The van der Waals surface area contributed by atoms with Crippen LogP contribution in [0, 0.1) is 6.92 Å². The summed E-state index contributed by atoms with van der Waals surface area (Å²) in [7, 11) is 0. The van der Waals surface area contributed by atoms with Crippen molar-refractivity contribution in [3.63, 3.8) is 0 Å². The second kappa shape index (κ2) is 4.24. The van der Waals surface area contributed by atoms with Crippen LogP contribution in [0.3, 0.4) is 0 Å². The first-order valence-corrected chi connectivity index (χ1v) is 6.80. The zero-order valence-corrected chi connectivity index (χ0v) is 11.3. The van der Waals surface area contributed by atoms with Crippen LogP contribution in [0.2, 0.25) is 0 Å². The summed E-state index contributed by atoms with van der Waals surface area (Å²) in [6.45, 7) is 2.12. The lowest BCUT2D eigenvalue weighted by molar-refractivity contribution is 0.629. The Morgan fingerprint density at radius 3 is 2.35 bits per heavy atom. The summed E-state index contributed by atoms with van der Waals surface area (Å²) >= 11 is 0. The number of hydrogen-bond donors (Lipinski definition) is 0. The standard InChI is InChI=1S/C19H14O/c1-13-17-8-4-5-9-18(17)20-19(13)16-11-10-14-6-2-3-7-15(14)12-16/h2-12H,1H3. The summed E-state index contributed by atoms with van der Waals surface area (Å²) in [5.74, 6) is 0.969. The van der Waals surface area contributed by atoms with Crippen LogP contribution in [0.1, 0.15) is 5.56 Å². The van der Waals surface area contributed by atoms with Gasteiger partial charge < -0.3 is 4.42 Å². The fourth-order valence-electron chi connectivity index (χ4n) is 2.78. The van der Waals surface area contributed by atoms with Gasteiger partial charge in [-0.3, -0.25) is 0 Å². The first-order chi connectivity index (χ1) is 9.83. The average molecular weight is 258 g/mol. The van der Waals surface area contributed by atoms with Gasteiger partial charge in [-0.15, -0.1) is 0 Å². The molecule has 0 saturated carbocycles. The van der Waals surface area contributed by atoms with Crippen molar-refractivity contribution in [2.45, 2.75) is 6.92 Å². The average Bonchev–Trinajstić information content (AvgIpc) is 2.84.